The van der Waals surface area contributed by atoms with Crippen LogP contribution in [-0.2, 0) is 9.59 Å². The van der Waals surface area contributed by atoms with Crippen molar-refractivity contribution in [2.45, 2.75) is 13.8 Å². The van der Waals surface area contributed by atoms with Gasteiger partial charge in [0, 0.05) is 19.9 Å². The molecular formula is C26H25N3O6. The third kappa shape index (κ3) is 6.14. The van der Waals surface area contributed by atoms with Crippen LogP contribution in [-0.4, -0.2) is 22.2 Å². The van der Waals surface area contributed by atoms with Crippen LogP contribution >= 0.6 is 0 Å². The van der Waals surface area contributed by atoms with Gasteiger partial charge in [-0.3, -0.25) is 9.59 Å². The van der Waals surface area contributed by atoms with Crippen molar-refractivity contribution >= 4 is 53.2 Å². The van der Waals surface area contributed by atoms with Gasteiger partial charge in [-0.1, -0.05) is 72.8 Å². The Morgan fingerprint density at radius 3 is 1.60 bits per heavy atom. The Morgan fingerprint density at radius 2 is 1.20 bits per heavy atom. The van der Waals surface area contributed by atoms with Crippen LogP contribution in [0.5, 0.6) is 0 Å². The SMILES string of the molecule is CC(=O)N(C(C)=O)c1cc([NH+]([O-])O)c(C=Cc2ccccc2)c([NH+]([O-])O)c1C=Cc1ccccc1. The highest BCUT2D eigenvalue weighted by molar-refractivity contribution is 6.15. The van der Waals surface area contributed by atoms with Crippen LogP contribution in [0.2, 0.25) is 0 Å². The minimum absolute atomic E-state index is 0.0319. The van der Waals surface area contributed by atoms with Crippen molar-refractivity contribution in [1.29, 1.82) is 0 Å². The van der Waals surface area contributed by atoms with E-state index in [1.54, 1.807) is 60.7 Å². The molecule has 0 saturated heterocycles. The summed E-state index contributed by atoms with van der Waals surface area (Å²) in [7, 11) is 0. The van der Waals surface area contributed by atoms with Gasteiger partial charge in [-0.25, -0.2) is 15.3 Å². The van der Waals surface area contributed by atoms with E-state index in [0.29, 0.717) is 0 Å². The Morgan fingerprint density at radius 1 is 0.743 bits per heavy atom. The fraction of sp³-hybridized carbons (Fsp3) is 0.0769. The molecule has 0 radical (unpaired) electrons. The smallest absolute Gasteiger partial charge is 0.230 e. The van der Waals surface area contributed by atoms with Crippen molar-refractivity contribution in [2.75, 3.05) is 4.90 Å². The number of amides is 2. The molecule has 0 aromatic heterocycles. The predicted octanol–water partition coefficient (Wildman–Crippen LogP) is 2.73. The molecule has 0 aliphatic carbocycles. The molecule has 2 atom stereocenters. The first kappa shape index (κ1) is 25.7. The molecule has 3 aromatic rings. The summed E-state index contributed by atoms with van der Waals surface area (Å²) in [5.41, 5.74) is 0.641. The zero-order valence-electron chi connectivity index (χ0n) is 19.1. The lowest BCUT2D eigenvalue weighted by Gasteiger charge is -2.26. The molecule has 3 rings (SSSR count). The Balaban J connectivity index is 2.37. The molecule has 0 spiro atoms. The second-order valence-electron chi connectivity index (χ2n) is 7.62. The van der Waals surface area contributed by atoms with Gasteiger partial charge in [0.25, 0.3) is 0 Å². The lowest BCUT2D eigenvalue weighted by atomic mass is 9.99. The maximum absolute atomic E-state index is 12.5. The van der Waals surface area contributed by atoms with E-state index < -0.39 is 22.3 Å². The van der Waals surface area contributed by atoms with Gasteiger partial charge >= 0.3 is 0 Å². The van der Waals surface area contributed by atoms with E-state index in [9.17, 15) is 30.4 Å². The summed E-state index contributed by atoms with van der Waals surface area (Å²) in [6.45, 7) is 2.30. The summed E-state index contributed by atoms with van der Waals surface area (Å²) in [6.07, 6.45) is 6.12. The standard InChI is InChI=1S/C26H25N3O6/c1-18(30)27(19(2)31)24-17-25(28(32)33)23(16-14-21-11-7-4-8-12-21)26(29(34)35)22(24)15-13-20-9-5-3-6-10-20/h3-17,28-29,32,34H,1-2H3. The summed E-state index contributed by atoms with van der Waals surface area (Å²) in [6, 6.07) is 19.2. The summed E-state index contributed by atoms with van der Waals surface area (Å²) >= 11 is 0. The molecule has 0 bridgehead atoms. The van der Waals surface area contributed by atoms with Crippen LogP contribution in [0.1, 0.15) is 36.1 Å². The summed E-state index contributed by atoms with van der Waals surface area (Å²) in [4.78, 5) is 25.5. The molecule has 0 saturated carbocycles. The van der Waals surface area contributed by atoms with Crippen molar-refractivity contribution in [3.05, 3.63) is 99.4 Å². The first-order valence-electron chi connectivity index (χ1n) is 10.7. The third-order valence-corrected chi connectivity index (χ3v) is 5.18. The molecule has 9 nitrogen and oxygen atoms in total. The van der Waals surface area contributed by atoms with E-state index in [2.05, 4.69) is 0 Å². The molecule has 180 valence electrons. The zero-order valence-corrected chi connectivity index (χ0v) is 19.1. The molecular weight excluding hydrogens is 450 g/mol. The highest BCUT2D eigenvalue weighted by Gasteiger charge is 2.29. The molecule has 4 N–H and O–H groups in total. The van der Waals surface area contributed by atoms with Gasteiger partial charge in [-0.2, -0.15) is 10.5 Å². The number of quaternary nitrogens is 2. The molecule has 3 aromatic carbocycles. The number of rotatable bonds is 7. The van der Waals surface area contributed by atoms with Crippen LogP contribution in [0.15, 0.2) is 66.7 Å². The lowest BCUT2D eigenvalue weighted by Crippen LogP contribution is -3.01. The zero-order chi connectivity index (χ0) is 25.5. The fourth-order valence-electron chi connectivity index (χ4n) is 3.68. The normalized spacial score (nSPS) is 13.2. The Kier molecular flexibility index (Phi) is 8.39. The van der Waals surface area contributed by atoms with Crippen molar-refractivity contribution in [3.8, 4) is 0 Å². The second-order valence-corrected chi connectivity index (χ2v) is 7.62. The summed E-state index contributed by atoms with van der Waals surface area (Å²) in [5, 5.41) is 42.0. The molecule has 0 aliphatic heterocycles. The third-order valence-electron chi connectivity index (χ3n) is 5.18. The van der Waals surface area contributed by atoms with E-state index in [-0.39, 0.29) is 28.2 Å². The average Bonchev–Trinajstić information content (AvgIpc) is 2.82. The van der Waals surface area contributed by atoms with Gasteiger partial charge in [0.2, 0.25) is 11.8 Å². The lowest BCUT2D eigenvalue weighted by molar-refractivity contribution is -0.996. The quantitative estimate of drug-likeness (QED) is 0.307. The van der Waals surface area contributed by atoms with Crippen LogP contribution in [0.25, 0.3) is 24.3 Å². The minimum atomic E-state index is -1.40. The predicted molar refractivity (Wildman–Crippen MR) is 133 cm³/mol. The second kappa shape index (κ2) is 11.4. The number of anilines is 1. The first-order chi connectivity index (χ1) is 16.7. The van der Waals surface area contributed by atoms with Crippen LogP contribution in [0, 0.1) is 10.4 Å². The summed E-state index contributed by atoms with van der Waals surface area (Å²) < 4.78 is 0. The Labute approximate surface area is 202 Å². The first-order valence-corrected chi connectivity index (χ1v) is 10.7. The van der Waals surface area contributed by atoms with Gasteiger partial charge in [0.15, 0.2) is 11.4 Å². The molecule has 9 heteroatoms. The molecule has 0 heterocycles. The number of imide groups is 1. The maximum Gasteiger partial charge on any atom is 0.230 e. The van der Waals surface area contributed by atoms with Crippen LogP contribution in [0.3, 0.4) is 0 Å². The van der Waals surface area contributed by atoms with Gasteiger partial charge < -0.3 is 10.4 Å². The Bertz CT molecular complexity index is 1240. The molecule has 35 heavy (non-hydrogen) atoms. The van der Waals surface area contributed by atoms with Gasteiger partial charge in [-0.05, 0) is 23.3 Å². The summed E-state index contributed by atoms with van der Waals surface area (Å²) in [5.74, 6) is -1.35. The molecule has 0 fully saturated rings. The van der Waals surface area contributed by atoms with Gasteiger partial charge in [0.05, 0.1) is 11.3 Å². The van der Waals surface area contributed by atoms with Crippen molar-refractivity contribution in [1.82, 2.24) is 0 Å². The largest absolute Gasteiger partial charge is 0.595 e. The topological polar surface area (TPSA) is 133 Å². The van der Waals surface area contributed by atoms with Crippen molar-refractivity contribution < 1.29 is 30.5 Å². The highest BCUT2D eigenvalue weighted by Crippen LogP contribution is 2.36. The number of nitrogens with one attached hydrogen (secondary N) is 2. The van der Waals surface area contributed by atoms with E-state index in [4.69, 9.17) is 0 Å². The Hall–Kier alpha value is -3.96. The van der Waals surface area contributed by atoms with E-state index >= 15 is 0 Å². The molecule has 2 amide bonds. The van der Waals surface area contributed by atoms with Crippen molar-refractivity contribution in [3.63, 3.8) is 0 Å². The average molecular weight is 476 g/mol. The molecule has 2 unspecified atom stereocenters. The molecule has 0 aliphatic rings. The minimum Gasteiger partial charge on any atom is -0.595 e. The monoisotopic (exact) mass is 475 g/mol. The number of carbonyl (C=O) groups excluding carboxylic acids is 2. The van der Waals surface area contributed by atoms with E-state index in [1.165, 1.54) is 12.2 Å². The number of hydrogen-bond acceptors (Lipinski definition) is 6. The van der Waals surface area contributed by atoms with Gasteiger partial charge in [-0.15, -0.1) is 0 Å². The maximum atomic E-state index is 12.5. The van der Waals surface area contributed by atoms with Crippen molar-refractivity contribution in [2.24, 2.45) is 0 Å². The van der Waals surface area contributed by atoms with Crippen LogP contribution < -0.4 is 15.4 Å². The van der Waals surface area contributed by atoms with E-state index in [0.717, 1.165) is 35.9 Å². The van der Waals surface area contributed by atoms with E-state index in [1.807, 2.05) is 12.1 Å². The number of benzene rings is 3. The van der Waals surface area contributed by atoms with Gasteiger partial charge in [0.1, 0.15) is 5.56 Å². The number of hydrogen-bond donors (Lipinski definition) is 4. The number of carbonyl (C=O) groups is 2. The fourth-order valence-corrected chi connectivity index (χ4v) is 3.68. The van der Waals surface area contributed by atoms with Crippen LogP contribution in [0.4, 0.5) is 17.1 Å². The number of nitrogens with zero attached hydrogens (tertiary/aromatic N) is 1. The highest BCUT2D eigenvalue weighted by atomic mass is 16.8.